The number of aromatic nitrogens is 3. The first-order chi connectivity index (χ1) is 11.8. The molecule has 130 valence electrons. The van der Waals surface area contributed by atoms with Crippen LogP contribution in [0.25, 0.3) is 22.6 Å². The van der Waals surface area contributed by atoms with Crippen molar-refractivity contribution in [3.8, 4) is 23.0 Å². The molecule has 3 N–H and O–H groups in total. The van der Waals surface area contributed by atoms with Crippen molar-refractivity contribution in [2.45, 2.75) is 6.36 Å². The third-order valence-electron chi connectivity index (χ3n) is 3.05. The summed E-state index contributed by atoms with van der Waals surface area (Å²) in [6.45, 7) is -0.270. The number of H-pyrrole nitrogens is 1. The number of ether oxygens (including phenoxy) is 2. The largest absolute Gasteiger partial charge is 0.573 e. The minimum atomic E-state index is -4.77. The number of carbonyl (C=O) groups excluding carboxylic acids is 1. The number of pyridine rings is 1. The summed E-state index contributed by atoms with van der Waals surface area (Å²) in [5, 5.41) is 0. The number of hydrogen-bond acceptors (Lipinski definition) is 5. The lowest BCUT2D eigenvalue weighted by Gasteiger charge is -2.07. The van der Waals surface area contributed by atoms with Gasteiger partial charge in [0.2, 0.25) is 0 Å². The van der Waals surface area contributed by atoms with Gasteiger partial charge in [-0.05, 0) is 24.3 Å². The van der Waals surface area contributed by atoms with Gasteiger partial charge in [-0.25, -0.2) is 9.97 Å². The normalized spacial score (nSPS) is 11.5. The molecule has 7 nitrogen and oxygen atoms in total. The fourth-order valence-electron chi connectivity index (χ4n) is 2.06. The molecule has 0 saturated carbocycles. The van der Waals surface area contributed by atoms with Gasteiger partial charge < -0.3 is 20.2 Å². The summed E-state index contributed by atoms with van der Waals surface area (Å²) in [6, 6.07) is 6.94. The van der Waals surface area contributed by atoms with Gasteiger partial charge in [0, 0.05) is 6.07 Å². The number of nitrogens with two attached hydrogens (primary N) is 1. The van der Waals surface area contributed by atoms with Crippen LogP contribution in [0.1, 0.15) is 0 Å². The maximum atomic E-state index is 12.3. The second kappa shape index (κ2) is 6.30. The topological polar surface area (TPSA) is 103 Å². The van der Waals surface area contributed by atoms with Crippen molar-refractivity contribution in [2.24, 2.45) is 5.73 Å². The quantitative estimate of drug-likeness (QED) is 0.734. The molecule has 2 aromatic heterocycles. The third-order valence-corrected chi connectivity index (χ3v) is 3.05. The molecule has 0 fully saturated rings. The molecule has 1 amide bonds. The van der Waals surface area contributed by atoms with E-state index in [0.29, 0.717) is 28.3 Å². The molecule has 0 aliphatic heterocycles. The average Bonchev–Trinajstić information content (AvgIpc) is 2.95. The molecule has 0 radical (unpaired) electrons. The highest BCUT2D eigenvalue weighted by molar-refractivity contribution is 5.80. The van der Waals surface area contributed by atoms with Gasteiger partial charge in [0.05, 0.1) is 17.2 Å². The SMILES string of the molecule is NC(=O)COc1ccc(-c2nc3cc(OC(F)(F)F)ccc3[nH]2)nc1. The number of aromatic amines is 1. The van der Waals surface area contributed by atoms with E-state index >= 15 is 0 Å². The Labute approximate surface area is 138 Å². The lowest BCUT2D eigenvalue weighted by Crippen LogP contribution is -2.20. The van der Waals surface area contributed by atoms with E-state index in [0.717, 1.165) is 0 Å². The van der Waals surface area contributed by atoms with Crippen LogP contribution in [-0.4, -0.2) is 33.8 Å². The van der Waals surface area contributed by atoms with Crippen LogP contribution in [-0.2, 0) is 4.79 Å². The van der Waals surface area contributed by atoms with Crippen LogP contribution < -0.4 is 15.2 Å². The molecule has 10 heteroatoms. The van der Waals surface area contributed by atoms with E-state index in [2.05, 4.69) is 19.7 Å². The van der Waals surface area contributed by atoms with E-state index in [4.69, 9.17) is 10.5 Å². The fourth-order valence-corrected chi connectivity index (χ4v) is 2.06. The van der Waals surface area contributed by atoms with Crippen molar-refractivity contribution in [3.05, 3.63) is 36.5 Å². The van der Waals surface area contributed by atoms with Crippen LogP contribution in [0.15, 0.2) is 36.5 Å². The van der Waals surface area contributed by atoms with Crippen molar-refractivity contribution >= 4 is 16.9 Å². The Kier molecular flexibility index (Phi) is 4.17. The van der Waals surface area contributed by atoms with Crippen molar-refractivity contribution in [3.63, 3.8) is 0 Å². The standard InChI is InChI=1S/C15H11F3N4O3/c16-15(17,18)25-8-1-3-10-12(5-8)22-14(21-10)11-4-2-9(6-20-11)24-7-13(19)23/h1-6H,7H2,(H2,19,23)(H,21,22). The number of nitrogens with zero attached hydrogens (tertiary/aromatic N) is 2. The Morgan fingerprint density at radius 2 is 1.96 bits per heavy atom. The first kappa shape index (κ1) is 16.6. The number of imidazole rings is 1. The van der Waals surface area contributed by atoms with Gasteiger partial charge in [-0.3, -0.25) is 4.79 Å². The minimum absolute atomic E-state index is 0.270. The number of halogens is 3. The van der Waals surface area contributed by atoms with Crippen LogP contribution in [0, 0.1) is 0 Å². The zero-order valence-electron chi connectivity index (χ0n) is 12.5. The molecule has 2 heterocycles. The highest BCUT2D eigenvalue weighted by Crippen LogP contribution is 2.27. The smallest absolute Gasteiger partial charge is 0.482 e. The second-order valence-electron chi connectivity index (χ2n) is 4.95. The molecule has 0 unspecified atom stereocenters. The van der Waals surface area contributed by atoms with Gasteiger partial charge in [-0.1, -0.05) is 0 Å². The molecule has 0 bridgehead atoms. The number of amides is 1. The number of benzene rings is 1. The summed E-state index contributed by atoms with van der Waals surface area (Å²) in [4.78, 5) is 21.9. The highest BCUT2D eigenvalue weighted by Gasteiger charge is 2.31. The Morgan fingerprint density at radius 3 is 2.60 bits per heavy atom. The molecular weight excluding hydrogens is 341 g/mol. The third kappa shape index (κ3) is 4.16. The van der Waals surface area contributed by atoms with Gasteiger partial charge in [-0.2, -0.15) is 0 Å². The number of carbonyl (C=O) groups is 1. The van der Waals surface area contributed by atoms with Crippen molar-refractivity contribution in [1.82, 2.24) is 15.0 Å². The Hall–Kier alpha value is -3.30. The number of rotatable bonds is 5. The molecule has 0 saturated heterocycles. The zero-order valence-corrected chi connectivity index (χ0v) is 12.5. The first-order valence-corrected chi connectivity index (χ1v) is 6.93. The summed E-state index contributed by atoms with van der Waals surface area (Å²) < 4.78 is 45.7. The average molecular weight is 352 g/mol. The van der Waals surface area contributed by atoms with Gasteiger partial charge in [0.15, 0.2) is 12.4 Å². The molecule has 1 aromatic carbocycles. The predicted octanol–water partition coefficient (Wildman–Crippen LogP) is 2.39. The summed E-state index contributed by atoms with van der Waals surface area (Å²) in [5.74, 6) is -0.264. The maximum absolute atomic E-state index is 12.3. The van der Waals surface area contributed by atoms with E-state index in [1.807, 2.05) is 0 Å². The second-order valence-corrected chi connectivity index (χ2v) is 4.95. The number of fused-ring (bicyclic) bond motifs is 1. The minimum Gasteiger partial charge on any atom is -0.482 e. The van der Waals surface area contributed by atoms with Crippen LogP contribution in [0.4, 0.5) is 13.2 Å². The molecular formula is C15H11F3N4O3. The molecule has 0 aliphatic carbocycles. The number of nitrogens with one attached hydrogen (secondary N) is 1. The molecule has 25 heavy (non-hydrogen) atoms. The van der Waals surface area contributed by atoms with Crippen molar-refractivity contribution < 1.29 is 27.4 Å². The van der Waals surface area contributed by atoms with Crippen molar-refractivity contribution in [1.29, 1.82) is 0 Å². The van der Waals surface area contributed by atoms with Crippen LogP contribution in [0.3, 0.4) is 0 Å². The monoisotopic (exact) mass is 352 g/mol. The molecule has 0 atom stereocenters. The molecule has 3 aromatic rings. The van der Waals surface area contributed by atoms with Crippen molar-refractivity contribution in [2.75, 3.05) is 6.61 Å². The van der Waals surface area contributed by atoms with Gasteiger partial charge in [0.25, 0.3) is 5.91 Å². The molecule has 0 spiro atoms. The molecule has 3 rings (SSSR count). The number of alkyl halides is 3. The lowest BCUT2D eigenvalue weighted by molar-refractivity contribution is -0.274. The van der Waals surface area contributed by atoms with Gasteiger partial charge >= 0.3 is 6.36 Å². The summed E-state index contributed by atoms with van der Waals surface area (Å²) in [5.41, 5.74) is 6.25. The van der Waals surface area contributed by atoms with E-state index in [-0.39, 0.29) is 12.4 Å². The highest BCUT2D eigenvalue weighted by atomic mass is 19.4. The summed E-state index contributed by atoms with van der Waals surface area (Å²) in [7, 11) is 0. The Morgan fingerprint density at radius 1 is 1.20 bits per heavy atom. The first-order valence-electron chi connectivity index (χ1n) is 6.93. The fraction of sp³-hybridized carbons (Fsp3) is 0.133. The van der Waals surface area contributed by atoms with E-state index in [1.54, 1.807) is 12.1 Å². The predicted molar refractivity (Wildman–Crippen MR) is 80.7 cm³/mol. The lowest BCUT2D eigenvalue weighted by atomic mass is 10.3. The van der Waals surface area contributed by atoms with E-state index in [9.17, 15) is 18.0 Å². The van der Waals surface area contributed by atoms with Crippen LogP contribution in [0.2, 0.25) is 0 Å². The Balaban J connectivity index is 1.82. The van der Waals surface area contributed by atoms with Gasteiger partial charge in [0.1, 0.15) is 17.2 Å². The maximum Gasteiger partial charge on any atom is 0.573 e. The molecule has 0 aliphatic rings. The zero-order chi connectivity index (χ0) is 18.0. The number of primary amides is 1. The summed E-state index contributed by atoms with van der Waals surface area (Å²) >= 11 is 0. The van der Waals surface area contributed by atoms with Crippen LogP contribution >= 0.6 is 0 Å². The van der Waals surface area contributed by atoms with Gasteiger partial charge in [-0.15, -0.1) is 13.2 Å². The summed E-state index contributed by atoms with van der Waals surface area (Å²) in [6.07, 6.45) is -3.39. The van der Waals surface area contributed by atoms with E-state index in [1.165, 1.54) is 24.4 Å². The van der Waals surface area contributed by atoms with E-state index < -0.39 is 12.3 Å². The number of hydrogen-bond donors (Lipinski definition) is 2. The Bertz CT molecular complexity index is 907. The van der Waals surface area contributed by atoms with Crippen LogP contribution in [0.5, 0.6) is 11.5 Å².